The third-order valence-electron chi connectivity index (χ3n) is 4.99. The second-order valence-electron chi connectivity index (χ2n) is 7.05. The van der Waals surface area contributed by atoms with Crippen LogP contribution in [0.2, 0.25) is 0 Å². The van der Waals surface area contributed by atoms with Gasteiger partial charge in [0, 0.05) is 28.1 Å². The molecule has 1 unspecified atom stereocenters. The summed E-state index contributed by atoms with van der Waals surface area (Å²) in [6.45, 7) is 0. The molecule has 5 rings (SSSR count). The number of aliphatic hydroxyl groups is 1. The van der Waals surface area contributed by atoms with Crippen molar-refractivity contribution in [1.82, 2.24) is 9.97 Å². The first-order valence-electron chi connectivity index (χ1n) is 10.1. The fraction of sp³-hybridized carbons (Fsp3) is 0.0870. The number of hydrazone groups is 2. The van der Waals surface area contributed by atoms with E-state index in [4.69, 9.17) is 10.00 Å². The lowest BCUT2D eigenvalue weighted by atomic mass is 10.0. The molecule has 0 bridgehead atoms. The number of aliphatic hydroxyl groups excluding tert-OH is 1. The lowest BCUT2D eigenvalue weighted by molar-refractivity contribution is 0.242. The molecule has 0 aliphatic carbocycles. The molecule has 2 aromatic carbocycles. The Kier molecular flexibility index (Phi) is 6.01. The molecule has 168 valence electrons. The third-order valence-corrected chi connectivity index (χ3v) is 6.50. The number of nitrogens with one attached hydrogen (secondary N) is 1. The quantitative estimate of drug-likeness (QED) is 0.392. The van der Waals surface area contributed by atoms with Crippen LogP contribution in [0.15, 0.2) is 75.7 Å². The van der Waals surface area contributed by atoms with E-state index in [-0.39, 0.29) is 0 Å². The van der Waals surface area contributed by atoms with Gasteiger partial charge in [0.2, 0.25) is 10.3 Å². The number of benzene rings is 2. The highest BCUT2D eigenvalue weighted by Gasteiger charge is 2.36. The molecule has 0 amide bonds. The van der Waals surface area contributed by atoms with Crippen molar-refractivity contribution in [3.8, 4) is 23.1 Å². The third kappa shape index (κ3) is 4.25. The number of thiazole rings is 2. The number of ether oxygens (including phenoxy) is 1. The van der Waals surface area contributed by atoms with Gasteiger partial charge in [-0.3, -0.25) is 5.43 Å². The van der Waals surface area contributed by atoms with Gasteiger partial charge in [0.15, 0.2) is 6.23 Å². The molecule has 34 heavy (non-hydrogen) atoms. The van der Waals surface area contributed by atoms with Gasteiger partial charge in [-0.25, -0.2) is 15.0 Å². The van der Waals surface area contributed by atoms with E-state index in [1.54, 1.807) is 37.6 Å². The molecule has 0 fully saturated rings. The highest BCUT2D eigenvalue weighted by atomic mass is 32.1. The Bertz CT molecular complexity index is 1390. The molecular formula is C23H17N7O2S2. The van der Waals surface area contributed by atoms with Crippen LogP contribution in [-0.2, 0) is 0 Å². The molecule has 2 N–H and O–H groups in total. The molecule has 0 radical (unpaired) electrons. The molecule has 11 heteroatoms. The monoisotopic (exact) mass is 487 g/mol. The number of rotatable bonds is 6. The SMILES string of the molecule is COc1ccc(-c2csc(N3N=C(c4ccc(C#N)cc4)/C(=N/Nc4nccs4)C3O)n2)cc1. The van der Waals surface area contributed by atoms with Crippen molar-refractivity contribution in [3.05, 3.63) is 76.6 Å². The van der Waals surface area contributed by atoms with Crippen LogP contribution in [0.5, 0.6) is 5.75 Å². The van der Waals surface area contributed by atoms with Crippen molar-refractivity contribution < 1.29 is 9.84 Å². The van der Waals surface area contributed by atoms with Crippen LogP contribution >= 0.6 is 22.7 Å². The summed E-state index contributed by atoms with van der Waals surface area (Å²) in [4.78, 5) is 8.84. The van der Waals surface area contributed by atoms with Gasteiger partial charge in [-0.2, -0.15) is 15.5 Å². The maximum Gasteiger partial charge on any atom is 0.209 e. The average molecular weight is 488 g/mol. The van der Waals surface area contributed by atoms with E-state index in [9.17, 15) is 5.11 Å². The predicted octanol–water partition coefficient (Wildman–Crippen LogP) is 4.16. The highest BCUT2D eigenvalue weighted by Crippen LogP contribution is 2.32. The summed E-state index contributed by atoms with van der Waals surface area (Å²) in [5.74, 6) is 0.763. The number of nitrogens with zero attached hydrogens (tertiary/aromatic N) is 6. The lowest BCUT2D eigenvalue weighted by Gasteiger charge is -2.15. The second-order valence-corrected chi connectivity index (χ2v) is 8.78. The Morgan fingerprint density at radius 2 is 1.88 bits per heavy atom. The largest absolute Gasteiger partial charge is 0.497 e. The minimum Gasteiger partial charge on any atom is -0.497 e. The smallest absolute Gasteiger partial charge is 0.209 e. The van der Waals surface area contributed by atoms with E-state index in [1.807, 2.05) is 35.0 Å². The molecule has 2 aromatic heterocycles. The van der Waals surface area contributed by atoms with Crippen molar-refractivity contribution in [2.75, 3.05) is 17.5 Å². The fourth-order valence-corrected chi connectivity index (χ4v) is 4.54. The first-order chi connectivity index (χ1) is 16.7. The molecule has 0 spiro atoms. The van der Waals surface area contributed by atoms with E-state index >= 15 is 0 Å². The first kappa shape index (κ1) is 21.7. The average Bonchev–Trinajstić information content (AvgIpc) is 3.64. The molecule has 9 nitrogen and oxygen atoms in total. The minimum absolute atomic E-state index is 0.320. The second kappa shape index (κ2) is 9.40. The highest BCUT2D eigenvalue weighted by molar-refractivity contribution is 7.14. The summed E-state index contributed by atoms with van der Waals surface area (Å²) < 4.78 is 5.22. The molecule has 0 saturated heterocycles. The normalized spacial score (nSPS) is 16.4. The van der Waals surface area contributed by atoms with E-state index in [0.29, 0.717) is 32.8 Å². The zero-order valence-electron chi connectivity index (χ0n) is 17.8. The lowest BCUT2D eigenvalue weighted by Crippen LogP contribution is -2.34. The van der Waals surface area contributed by atoms with Gasteiger partial charge in [0.05, 0.1) is 24.4 Å². The van der Waals surface area contributed by atoms with Crippen molar-refractivity contribution >= 4 is 44.4 Å². The van der Waals surface area contributed by atoms with Crippen molar-refractivity contribution in [2.45, 2.75) is 6.23 Å². The number of anilines is 2. The van der Waals surface area contributed by atoms with Crippen molar-refractivity contribution in [2.24, 2.45) is 10.2 Å². The van der Waals surface area contributed by atoms with Gasteiger partial charge in [0.25, 0.3) is 0 Å². The van der Waals surface area contributed by atoms with Crippen LogP contribution in [0.4, 0.5) is 10.3 Å². The van der Waals surface area contributed by atoms with Gasteiger partial charge >= 0.3 is 0 Å². The first-order valence-corrected chi connectivity index (χ1v) is 11.8. The van der Waals surface area contributed by atoms with E-state index < -0.39 is 6.23 Å². The number of methoxy groups -OCH3 is 1. The number of hydrogen-bond donors (Lipinski definition) is 2. The summed E-state index contributed by atoms with van der Waals surface area (Å²) in [7, 11) is 1.62. The molecule has 0 saturated carbocycles. The van der Waals surface area contributed by atoms with Crippen LogP contribution < -0.4 is 15.2 Å². The minimum atomic E-state index is -1.16. The van der Waals surface area contributed by atoms with Gasteiger partial charge < -0.3 is 9.84 Å². The summed E-state index contributed by atoms with van der Waals surface area (Å²) in [6.07, 6.45) is 0.504. The summed E-state index contributed by atoms with van der Waals surface area (Å²) in [6, 6.07) is 16.6. The summed E-state index contributed by atoms with van der Waals surface area (Å²) in [5.41, 5.74) is 6.60. The molecular weight excluding hydrogens is 470 g/mol. The van der Waals surface area contributed by atoms with Crippen molar-refractivity contribution in [1.29, 1.82) is 5.26 Å². The number of aromatic nitrogens is 2. The van der Waals surface area contributed by atoms with E-state index in [1.165, 1.54) is 27.7 Å². The number of hydrogen-bond acceptors (Lipinski definition) is 11. The summed E-state index contributed by atoms with van der Waals surface area (Å²) in [5, 5.41) is 35.6. The maximum absolute atomic E-state index is 11.1. The topological polar surface area (TPSA) is 119 Å². The molecule has 1 aliphatic rings. The Balaban J connectivity index is 1.49. The molecule has 4 aromatic rings. The molecule has 3 heterocycles. The zero-order chi connectivity index (χ0) is 23.5. The van der Waals surface area contributed by atoms with Crippen LogP contribution in [0.3, 0.4) is 0 Å². The maximum atomic E-state index is 11.1. The number of nitriles is 1. The standard InChI is InChI=1S/C23H17N7O2S2/c1-32-17-8-6-15(7-9-17)18-13-34-23(26-18)30-21(31)20(27-28-22-25-10-11-33-22)19(29-30)16-4-2-14(12-24)3-5-16/h2-11,13,21,31H,1H3,(H,25,28)/b27-20-. The Morgan fingerprint density at radius 3 is 2.56 bits per heavy atom. The van der Waals surface area contributed by atoms with Crippen LogP contribution in [0, 0.1) is 11.3 Å². The van der Waals surface area contributed by atoms with Gasteiger partial charge in [-0.05, 0) is 36.4 Å². The van der Waals surface area contributed by atoms with Crippen LogP contribution in [0.1, 0.15) is 11.1 Å². The Labute approximate surface area is 202 Å². The Hall–Kier alpha value is -4.11. The predicted molar refractivity (Wildman–Crippen MR) is 133 cm³/mol. The van der Waals surface area contributed by atoms with E-state index in [0.717, 1.165) is 17.0 Å². The molecule has 1 aliphatic heterocycles. The van der Waals surface area contributed by atoms with Gasteiger partial charge in [-0.15, -0.1) is 22.7 Å². The fourth-order valence-electron chi connectivity index (χ4n) is 3.27. The van der Waals surface area contributed by atoms with Crippen LogP contribution in [0.25, 0.3) is 11.3 Å². The Morgan fingerprint density at radius 1 is 1.12 bits per heavy atom. The van der Waals surface area contributed by atoms with Crippen molar-refractivity contribution in [3.63, 3.8) is 0 Å². The van der Waals surface area contributed by atoms with Gasteiger partial charge in [-0.1, -0.05) is 12.1 Å². The zero-order valence-corrected chi connectivity index (χ0v) is 19.4. The summed E-state index contributed by atoms with van der Waals surface area (Å²) >= 11 is 2.75. The van der Waals surface area contributed by atoms with Crippen LogP contribution in [-0.4, -0.2) is 39.8 Å². The molecule has 1 atom stereocenters. The van der Waals surface area contributed by atoms with Gasteiger partial charge in [0.1, 0.15) is 17.2 Å². The van der Waals surface area contributed by atoms with E-state index in [2.05, 4.69) is 31.7 Å².